The number of carbonyl (C=O) groups is 2. The van der Waals surface area contributed by atoms with Gasteiger partial charge in [0.05, 0.1) is 11.9 Å². The van der Waals surface area contributed by atoms with Crippen LogP contribution in [0, 0.1) is 0 Å². The van der Waals surface area contributed by atoms with E-state index in [9.17, 15) is 9.59 Å². The Bertz CT molecular complexity index is 388. The van der Waals surface area contributed by atoms with Crippen molar-refractivity contribution in [2.45, 2.75) is 13.5 Å². The van der Waals surface area contributed by atoms with E-state index in [1.54, 1.807) is 10.9 Å². The Labute approximate surface area is 92.7 Å². The normalized spacial score (nSPS) is 9.88. The van der Waals surface area contributed by atoms with E-state index in [0.29, 0.717) is 12.2 Å². The Hall–Kier alpha value is -2.05. The third kappa shape index (κ3) is 3.26. The largest absolute Gasteiger partial charge is 0.480 e. The van der Waals surface area contributed by atoms with E-state index in [1.807, 2.05) is 6.92 Å². The summed E-state index contributed by atoms with van der Waals surface area (Å²) >= 11 is 0. The zero-order valence-corrected chi connectivity index (χ0v) is 9.17. The van der Waals surface area contributed by atoms with Crippen molar-refractivity contribution in [3.8, 4) is 0 Å². The molecule has 0 fully saturated rings. The van der Waals surface area contributed by atoms with Gasteiger partial charge in [0, 0.05) is 19.8 Å². The fourth-order valence-corrected chi connectivity index (χ4v) is 1.09. The highest BCUT2D eigenvalue weighted by molar-refractivity contribution is 5.90. The summed E-state index contributed by atoms with van der Waals surface area (Å²) in [6.45, 7) is 2.30. The van der Waals surface area contributed by atoms with Crippen LogP contribution in [-0.4, -0.2) is 45.4 Å². The van der Waals surface area contributed by atoms with Crippen LogP contribution in [0.3, 0.4) is 0 Å². The van der Waals surface area contributed by atoms with Crippen LogP contribution in [0.1, 0.15) is 6.92 Å². The van der Waals surface area contributed by atoms with Crippen LogP contribution in [0.4, 0.5) is 10.5 Å². The SMILES string of the molecule is CCn1cc(NC(=O)N(C)CC(=O)O)cn1. The Morgan fingerprint density at radius 2 is 2.31 bits per heavy atom. The number of carbonyl (C=O) groups excluding carboxylic acids is 1. The van der Waals surface area contributed by atoms with Gasteiger partial charge in [-0.1, -0.05) is 0 Å². The summed E-state index contributed by atoms with van der Waals surface area (Å²) in [6, 6.07) is -0.474. The Kier molecular flexibility index (Phi) is 3.87. The molecule has 1 rings (SSSR count). The van der Waals surface area contributed by atoms with Gasteiger partial charge in [-0.15, -0.1) is 0 Å². The molecule has 0 saturated heterocycles. The van der Waals surface area contributed by atoms with Gasteiger partial charge in [-0.05, 0) is 6.92 Å². The van der Waals surface area contributed by atoms with Crippen molar-refractivity contribution in [1.82, 2.24) is 14.7 Å². The lowest BCUT2D eigenvalue weighted by atomic mass is 10.5. The van der Waals surface area contributed by atoms with E-state index < -0.39 is 12.0 Å². The number of anilines is 1. The second-order valence-corrected chi connectivity index (χ2v) is 3.26. The number of nitrogens with one attached hydrogen (secondary N) is 1. The Balaban J connectivity index is 2.53. The van der Waals surface area contributed by atoms with Crippen molar-refractivity contribution in [2.24, 2.45) is 0 Å². The maximum Gasteiger partial charge on any atom is 0.323 e. The maximum atomic E-state index is 11.5. The molecule has 0 aliphatic rings. The van der Waals surface area contributed by atoms with Crippen molar-refractivity contribution in [1.29, 1.82) is 0 Å². The third-order valence-corrected chi connectivity index (χ3v) is 1.93. The van der Waals surface area contributed by atoms with E-state index in [0.717, 1.165) is 4.90 Å². The first-order valence-corrected chi connectivity index (χ1v) is 4.79. The van der Waals surface area contributed by atoms with Gasteiger partial charge >= 0.3 is 12.0 Å². The maximum absolute atomic E-state index is 11.5. The van der Waals surface area contributed by atoms with Crippen LogP contribution in [-0.2, 0) is 11.3 Å². The quantitative estimate of drug-likeness (QED) is 0.780. The molecule has 2 N–H and O–H groups in total. The van der Waals surface area contributed by atoms with Gasteiger partial charge in [-0.3, -0.25) is 9.48 Å². The molecule has 7 heteroatoms. The summed E-state index contributed by atoms with van der Waals surface area (Å²) in [6.07, 6.45) is 3.18. The van der Waals surface area contributed by atoms with Crippen molar-refractivity contribution < 1.29 is 14.7 Å². The van der Waals surface area contributed by atoms with Crippen LogP contribution in [0.2, 0.25) is 0 Å². The summed E-state index contributed by atoms with van der Waals surface area (Å²) in [5.41, 5.74) is 0.545. The highest BCUT2D eigenvalue weighted by atomic mass is 16.4. The number of hydrogen-bond acceptors (Lipinski definition) is 3. The summed E-state index contributed by atoms with van der Waals surface area (Å²) in [5, 5.41) is 15.0. The third-order valence-electron chi connectivity index (χ3n) is 1.93. The molecule has 0 aliphatic carbocycles. The molecule has 7 nitrogen and oxygen atoms in total. The van der Waals surface area contributed by atoms with Gasteiger partial charge in [0.1, 0.15) is 6.54 Å². The lowest BCUT2D eigenvalue weighted by Crippen LogP contribution is -2.35. The molecule has 1 aromatic rings. The number of hydrogen-bond donors (Lipinski definition) is 2. The topological polar surface area (TPSA) is 87.5 Å². The zero-order chi connectivity index (χ0) is 12.1. The molecule has 0 aliphatic heterocycles. The fourth-order valence-electron chi connectivity index (χ4n) is 1.09. The van der Waals surface area contributed by atoms with Crippen LogP contribution in [0.5, 0.6) is 0 Å². The van der Waals surface area contributed by atoms with Crippen molar-refractivity contribution in [3.05, 3.63) is 12.4 Å². The number of amides is 2. The minimum atomic E-state index is -1.05. The first-order chi connectivity index (χ1) is 7.52. The summed E-state index contributed by atoms with van der Waals surface area (Å²) < 4.78 is 1.66. The van der Waals surface area contributed by atoms with Gasteiger partial charge in [0.25, 0.3) is 0 Å². The lowest BCUT2D eigenvalue weighted by Gasteiger charge is -2.14. The molecule has 16 heavy (non-hydrogen) atoms. The van der Waals surface area contributed by atoms with Gasteiger partial charge in [-0.25, -0.2) is 4.79 Å². The first kappa shape index (κ1) is 12.0. The van der Waals surface area contributed by atoms with E-state index in [4.69, 9.17) is 5.11 Å². The second-order valence-electron chi connectivity index (χ2n) is 3.26. The predicted molar refractivity (Wildman–Crippen MR) is 57.2 cm³/mol. The highest BCUT2D eigenvalue weighted by Crippen LogP contribution is 2.05. The second kappa shape index (κ2) is 5.15. The average molecular weight is 226 g/mol. The molecule has 0 saturated carbocycles. The standard InChI is InChI=1S/C9H14N4O3/c1-3-13-5-7(4-10-13)11-9(16)12(2)6-8(14)15/h4-5H,3,6H2,1-2H3,(H,11,16)(H,14,15). The molecule has 0 radical (unpaired) electrons. The Morgan fingerprint density at radius 3 is 2.81 bits per heavy atom. The van der Waals surface area contributed by atoms with Crippen LogP contribution < -0.4 is 5.32 Å². The predicted octanol–water partition coefficient (Wildman–Crippen LogP) is 0.451. The van der Waals surface area contributed by atoms with Gasteiger partial charge in [0.15, 0.2) is 0 Å². The van der Waals surface area contributed by atoms with E-state index in [1.165, 1.54) is 13.2 Å². The minimum Gasteiger partial charge on any atom is -0.480 e. The van der Waals surface area contributed by atoms with Gasteiger partial charge < -0.3 is 15.3 Å². The number of rotatable bonds is 4. The zero-order valence-electron chi connectivity index (χ0n) is 9.17. The number of aryl methyl sites for hydroxylation is 1. The molecule has 0 spiro atoms. The fraction of sp³-hybridized carbons (Fsp3) is 0.444. The number of carboxylic acid groups (broad SMARTS) is 1. The van der Waals surface area contributed by atoms with Gasteiger partial charge in [-0.2, -0.15) is 5.10 Å². The molecule has 0 unspecified atom stereocenters. The smallest absolute Gasteiger partial charge is 0.323 e. The van der Waals surface area contributed by atoms with E-state index >= 15 is 0 Å². The number of urea groups is 1. The molecule has 0 aromatic carbocycles. The molecular formula is C9H14N4O3. The Morgan fingerprint density at radius 1 is 1.62 bits per heavy atom. The van der Waals surface area contributed by atoms with Crippen LogP contribution in [0.15, 0.2) is 12.4 Å². The number of aromatic nitrogens is 2. The van der Waals surface area contributed by atoms with Crippen LogP contribution in [0.25, 0.3) is 0 Å². The minimum absolute atomic E-state index is 0.340. The summed E-state index contributed by atoms with van der Waals surface area (Å²) in [7, 11) is 1.41. The monoisotopic (exact) mass is 226 g/mol. The first-order valence-electron chi connectivity index (χ1n) is 4.79. The van der Waals surface area contributed by atoms with E-state index in [-0.39, 0.29) is 6.54 Å². The van der Waals surface area contributed by atoms with Crippen LogP contribution >= 0.6 is 0 Å². The number of carboxylic acids is 1. The van der Waals surface area contributed by atoms with Crippen molar-refractivity contribution in [3.63, 3.8) is 0 Å². The van der Waals surface area contributed by atoms with Gasteiger partial charge in [0.2, 0.25) is 0 Å². The molecular weight excluding hydrogens is 212 g/mol. The molecule has 1 heterocycles. The number of likely N-dealkylation sites (N-methyl/N-ethyl adjacent to an activating group) is 1. The highest BCUT2D eigenvalue weighted by Gasteiger charge is 2.12. The average Bonchev–Trinajstić information content (AvgIpc) is 2.64. The van der Waals surface area contributed by atoms with Crippen molar-refractivity contribution >= 4 is 17.7 Å². The molecule has 0 atom stereocenters. The van der Waals surface area contributed by atoms with E-state index in [2.05, 4.69) is 10.4 Å². The summed E-state index contributed by atoms with van der Waals surface area (Å²) in [4.78, 5) is 22.9. The number of nitrogens with zero attached hydrogens (tertiary/aromatic N) is 3. The number of aliphatic carboxylic acids is 1. The van der Waals surface area contributed by atoms with Crippen molar-refractivity contribution in [2.75, 3.05) is 18.9 Å². The molecule has 1 aromatic heterocycles. The molecule has 0 bridgehead atoms. The summed E-state index contributed by atoms with van der Waals surface area (Å²) in [5.74, 6) is -1.05. The molecule has 2 amide bonds. The lowest BCUT2D eigenvalue weighted by molar-refractivity contribution is -0.137. The molecule has 88 valence electrons.